The molecule has 0 fully saturated rings. The first kappa shape index (κ1) is 17.1. The van der Waals surface area contributed by atoms with Crippen LogP contribution in [0.1, 0.15) is 23.7 Å². The minimum atomic E-state index is -0.742. The molecule has 1 heterocycles. The van der Waals surface area contributed by atoms with Crippen molar-refractivity contribution < 1.29 is 13.6 Å². The second-order valence-corrected chi connectivity index (χ2v) is 6.22. The fraction of sp³-hybridized carbons (Fsp3) is 0.333. The van der Waals surface area contributed by atoms with Crippen LogP contribution in [0.15, 0.2) is 17.5 Å². The first-order chi connectivity index (χ1) is 10.8. The molecule has 8 heteroatoms. The number of rotatable bonds is 4. The van der Waals surface area contributed by atoms with Gasteiger partial charge in [0.15, 0.2) is 11.6 Å². The van der Waals surface area contributed by atoms with Crippen LogP contribution in [0, 0.1) is 18.6 Å². The average molecular weight is 340 g/mol. The Bertz CT molecular complexity index is 694. The molecule has 1 aromatic carbocycles. The lowest BCUT2D eigenvalue weighted by Crippen LogP contribution is -2.31. The van der Waals surface area contributed by atoms with Crippen molar-refractivity contribution in [2.24, 2.45) is 0 Å². The number of amides is 2. The van der Waals surface area contributed by atoms with Gasteiger partial charge in [-0.3, -0.25) is 0 Å². The Balaban J connectivity index is 2.06. The van der Waals surface area contributed by atoms with Crippen molar-refractivity contribution in [3.8, 4) is 0 Å². The van der Waals surface area contributed by atoms with E-state index in [1.54, 1.807) is 21.0 Å². The van der Waals surface area contributed by atoms with Gasteiger partial charge in [0.05, 0.1) is 6.04 Å². The zero-order valence-corrected chi connectivity index (χ0v) is 14.1. The number of anilines is 2. The Hall–Kier alpha value is -2.22. The number of nitrogens with one attached hydrogen (secondary N) is 2. The molecule has 0 radical (unpaired) electrons. The summed E-state index contributed by atoms with van der Waals surface area (Å²) in [6, 6.07) is 1.30. The van der Waals surface area contributed by atoms with Crippen LogP contribution in [0.25, 0.3) is 0 Å². The summed E-state index contributed by atoms with van der Waals surface area (Å²) in [6.45, 7) is 3.65. The van der Waals surface area contributed by atoms with E-state index in [0.29, 0.717) is 0 Å². The van der Waals surface area contributed by atoms with E-state index in [9.17, 15) is 13.6 Å². The Morgan fingerprint density at radius 2 is 1.91 bits per heavy atom. The lowest BCUT2D eigenvalue weighted by atomic mass is 10.2. The molecule has 2 N–H and O–H groups in total. The zero-order valence-electron chi connectivity index (χ0n) is 13.3. The van der Waals surface area contributed by atoms with Crippen molar-refractivity contribution >= 4 is 28.7 Å². The highest BCUT2D eigenvalue weighted by atomic mass is 32.1. The molecule has 2 rings (SSSR count). The van der Waals surface area contributed by atoms with Gasteiger partial charge in [-0.1, -0.05) is 0 Å². The number of aromatic nitrogens is 1. The molecule has 2 amide bonds. The van der Waals surface area contributed by atoms with Crippen LogP contribution in [0.2, 0.25) is 0 Å². The number of halogens is 2. The molecule has 124 valence electrons. The lowest BCUT2D eigenvalue weighted by molar-refractivity contribution is 0.249. The Kier molecular flexibility index (Phi) is 5.15. The summed E-state index contributed by atoms with van der Waals surface area (Å²) in [6.07, 6.45) is 0. The third kappa shape index (κ3) is 4.16. The molecule has 1 aromatic heterocycles. The minimum absolute atomic E-state index is 0.0469. The van der Waals surface area contributed by atoms with Gasteiger partial charge >= 0.3 is 6.03 Å². The normalized spacial score (nSPS) is 11.9. The van der Waals surface area contributed by atoms with E-state index < -0.39 is 17.7 Å². The molecule has 1 atom stereocenters. The summed E-state index contributed by atoms with van der Waals surface area (Å²) < 4.78 is 27.8. The van der Waals surface area contributed by atoms with Gasteiger partial charge in [0, 0.05) is 30.9 Å². The lowest BCUT2D eigenvalue weighted by Gasteiger charge is -2.16. The number of hydrogen-bond acceptors (Lipinski definition) is 4. The summed E-state index contributed by atoms with van der Waals surface area (Å²) in [7, 11) is 3.08. The Morgan fingerprint density at radius 1 is 1.30 bits per heavy atom. The third-order valence-electron chi connectivity index (χ3n) is 3.08. The topological polar surface area (TPSA) is 57.3 Å². The van der Waals surface area contributed by atoms with Crippen molar-refractivity contribution in [3.05, 3.63) is 39.8 Å². The van der Waals surface area contributed by atoms with E-state index in [1.807, 2.05) is 12.3 Å². The van der Waals surface area contributed by atoms with Crippen LogP contribution >= 0.6 is 11.3 Å². The molecule has 0 spiro atoms. The smallest absolute Gasteiger partial charge is 0.319 e. The largest absolute Gasteiger partial charge is 0.373 e. The highest BCUT2D eigenvalue weighted by Crippen LogP contribution is 2.25. The maximum Gasteiger partial charge on any atom is 0.319 e. The van der Waals surface area contributed by atoms with Crippen molar-refractivity contribution in [2.45, 2.75) is 19.9 Å². The fourth-order valence-electron chi connectivity index (χ4n) is 2.06. The fourth-order valence-corrected chi connectivity index (χ4v) is 2.87. The number of benzene rings is 1. The molecule has 0 aliphatic rings. The molecule has 1 unspecified atom stereocenters. The van der Waals surface area contributed by atoms with Crippen LogP contribution in [0.4, 0.5) is 25.0 Å². The quantitative estimate of drug-likeness (QED) is 0.893. The maximum absolute atomic E-state index is 13.9. The average Bonchev–Trinajstić information content (AvgIpc) is 2.83. The van der Waals surface area contributed by atoms with Crippen molar-refractivity contribution in [1.82, 2.24) is 10.3 Å². The first-order valence-corrected chi connectivity index (χ1v) is 7.81. The highest BCUT2D eigenvalue weighted by molar-refractivity contribution is 7.09. The summed E-state index contributed by atoms with van der Waals surface area (Å²) >= 11 is 1.44. The second-order valence-electron chi connectivity index (χ2n) is 5.33. The number of carbonyl (C=O) groups is 1. The van der Waals surface area contributed by atoms with Gasteiger partial charge in [-0.2, -0.15) is 0 Å². The van der Waals surface area contributed by atoms with Crippen molar-refractivity contribution in [1.29, 1.82) is 0 Å². The number of hydrogen-bond donors (Lipinski definition) is 2. The number of urea groups is 1. The number of nitrogens with zero attached hydrogens (tertiary/aromatic N) is 2. The van der Waals surface area contributed by atoms with Crippen molar-refractivity contribution in [3.63, 3.8) is 0 Å². The SMILES string of the molecule is Cc1csc(C(C)NC(=O)Nc2cc(F)c(N(C)C)c(F)c2)n1. The van der Waals surface area contributed by atoms with Crippen molar-refractivity contribution in [2.75, 3.05) is 24.3 Å². The molecule has 0 saturated heterocycles. The predicted octanol–water partition coefficient (Wildman–Crippen LogP) is 3.68. The van der Waals surface area contributed by atoms with Crippen LogP contribution < -0.4 is 15.5 Å². The molecular weight excluding hydrogens is 322 g/mol. The molecule has 5 nitrogen and oxygen atoms in total. The van der Waals surface area contributed by atoms with Gasteiger partial charge in [0.2, 0.25) is 0 Å². The van der Waals surface area contributed by atoms with Crippen LogP contribution in [-0.2, 0) is 0 Å². The molecule has 0 aliphatic heterocycles. The summed E-state index contributed by atoms with van der Waals surface area (Å²) in [5, 5.41) is 7.75. The predicted molar refractivity (Wildman–Crippen MR) is 88.1 cm³/mol. The number of aryl methyl sites for hydroxylation is 1. The zero-order chi connectivity index (χ0) is 17.1. The van der Waals surface area contributed by atoms with E-state index in [1.165, 1.54) is 16.2 Å². The van der Waals surface area contributed by atoms with E-state index >= 15 is 0 Å². The van der Waals surface area contributed by atoms with E-state index in [2.05, 4.69) is 15.6 Å². The standard InChI is InChI=1S/C15H18F2N4OS/c1-8-7-23-14(18-8)9(2)19-15(22)20-10-5-11(16)13(21(3)4)12(17)6-10/h5-7,9H,1-4H3,(H2,19,20,22). The van der Waals surface area contributed by atoms with Gasteiger partial charge in [0.25, 0.3) is 0 Å². The van der Waals surface area contributed by atoms with Crippen LogP contribution in [-0.4, -0.2) is 25.1 Å². The highest BCUT2D eigenvalue weighted by Gasteiger charge is 2.16. The number of thiazole rings is 1. The summed E-state index contributed by atoms with van der Waals surface area (Å²) in [4.78, 5) is 17.6. The van der Waals surface area contributed by atoms with Gasteiger partial charge in [-0.25, -0.2) is 18.6 Å². The molecule has 23 heavy (non-hydrogen) atoms. The van der Waals surface area contributed by atoms with E-state index in [-0.39, 0.29) is 17.4 Å². The Labute approximate surface area is 137 Å². The Morgan fingerprint density at radius 3 is 2.39 bits per heavy atom. The van der Waals surface area contributed by atoms with E-state index in [0.717, 1.165) is 22.8 Å². The summed E-state index contributed by atoms with van der Waals surface area (Å²) in [5.41, 5.74) is 0.774. The van der Waals surface area contributed by atoms with Gasteiger partial charge in [0.1, 0.15) is 10.7 Å². The molecule has 2 aromatic rings. The maximum atomic E-state index is 13.9. The van der Waals surface area contributed by atoms with Gasteiger partial charge in [-0.15, -0.1) is 11.3 Å². The molecule has 0 saturated carbocycles. The second kappa shape index (κ2) is 6.91. The van der Waals surface area contributed by atoms with Crippen LogP contribution in [0.3, 0.4) is 0 Å². The minimum Gasteiger partial charge on any atom is -0.373 e. The number of carbonyl (C=O) groups excluding carboxylic acids is 1. The van der Waals surface area contributed by atoms with Crippen LogP contribution in [0.5, 0.6) is 0 Å². The summed E-state index contributed by atoms with van der Waals surface area (Å²) in [5.74, 6) is -1.48. The molecule has 0 aliphatic carbocycles. The molecule has 0 bridgehead atoms. The molecular formula is C15H18F2N4OS. The van der Waals surface area contributed by atoms with Gasteiger partial charge in [-0.05, 0) is 26.0 Å². The van der Waals surface area contributed by atoms with Gasteiger partial charge < -0.3 is 15.5 Å². The first-order valence-electron chi connectivity index (χ1n) is 6.94. The third-order valence-corrected chi connectivity index (χ3v) is 4.22. The van der Waals surface area contributed by atoms with E-state index in [4.69, 9.17) is 0 Å². The monoisotopic (exact) mass is 340 g/mol.